The standard InChI is InChI=1S/C9H10BrN3S/c1-5(2)13-8-7(12-9(13)14)6(10)3-4-11-8/h3-5H,1-2H3,(H,12,14). The van der Waals surface area contributed by atoms with E-state index in [1.54, 1.807) is 6.20 Å². The monoisotopic (exact) mass is 271 g/mol. The second kappa shape index (κ2) is 3.47. The largest absolute Gasteiger partial charge is 0.328 e. The quantitative estimate of drug-likeness (QED) is 0.807. The molecule has 0 aliphatic rings. The summed E-state index contributed by atoms with van der Waals surface area (Å²) in [6, 6.07) is 2.22. The first-order valence-electron chi connectivity index (χ1n) is 4.36. The molecule has 3 nitrogen and oxygen atoms in total. The number of H-pyrrole nitrogens is 1. The zero-order valence-electron chi connectivity index (χ0n) is 7.91. The van der Waals surface area contributed by atoms with Crippen LogP contribution in [0, 0.1) is 4.77 Å². The van der Waals surface area contributed by atoms with Crippen molar-refractivity contribution in [3.63, 3.8) is 0 Å². The number of nitrogens with one attached hydrogen (secondary N) is 1. The van der Waals surface area contributed by atoms with Gasteiger partial charge in [0.25, 0.3) is 0 Å². The third-order valence-corrected chi connectivity index (χ3v) is 3.04. The van der Waals surface area contributed by atoms with E-state index >= 15 is 0 Å². The number of hydrogen-bond acceptors (Lipinski definition) is 2. The van der Waals surface area contributed by atoms with Crippen molar-refractivity contribution in [2.75, 3.05) is 0 Å². The Labute approximate surface area is 95.3 Å². The SMILES string of the molecule is CC(C)n1c(=S)[nH]c2c(Br)ccnc21. The number of nitrogens with zero attached hydrogens (tertiary/aromatic N) is 2. The first kappa shape index (κ1) is 9.86. The predicted octanol–water partition coefficient (Wildman–Crippen LogP) is 3.44. The molecule has 0 aromatic carbocycles. The zero-order valence-corrected chi connectivity index (χ0v) is 10.3. The van der Waals surface area contributed by atoms with Gasteiger partial charge in [0.1, 0.15) is 0 Å². The fraction of sp³-hybridized carbons (Fsp3) is 0.333. The summed E-state index contributed by atoms with van der Waals surface area (Å²) in [5.74, 6) is 0. The van der Waals surface area contributed by atoms with Gasteiger partial charge in [-0.15, -0.1) is 0 Å². The molecule has 0 saturated heterocycles. The van der Waals surface area contributed by atoms with Gasteiger partial charge < -0.3 is 4.98 Å². The van der Waals surface area contributed by atoms with E-state index in [2.05, 4.69) is 39.7 Å². The van der Waals surface area contributed by atoms with Crippen LogP contribution in [0.2, 0.25) is 0 Å². The first-order valence-corrected chi connectivity index (χ1v) is 5.56. The normalized spacial score (nSPS) is 11.4. The Kier molecular flexibility index (Phi) is 2.45. The molecule has 1 N–H and O–H groups in total. The van der Waals surface area contributed by atoms with Crippen LogP contribution in [-0.2, 0) is 0 Å². The third-order valence-electron chi connectivity index (χ3n) is 2.08. The molecule has 0 spiro atoms. The van der Waals surface area contributed by atoms with Crippen LogP contribution in [0.5, 0.6) is 0 Å². The minimum Gasteiger partial charge on any atom is -0.328 e. The van der Waals surface area contributed by atoms with Crippen molar-refractivity contribution in [2.45, 2.75) is 19.9 Å². The fourth-order valence-corrected chi connectivity index (χ4v) is 2.26. The number of pyridine rings is 1. The number of aromatic nitrogens is 3. The molecule has 2 aromatic rings. The van der Waals surface area contributed by atoms with Gasteiger partial charge in [-0.2, -0.15) is 0 Å². The molecule has 74 valence electrons. The van der Waals surface area contributed by atoms with Crippen LogP contribution in [0.25, 0.3) is 11.2 Å². The third kappa shape index (κ3) is 1.40. The van der Waals surface area contributed by atoms with E-state index in [1.165, 1.54) is 0 Å². The average molecular weight is 272 g/mol. The van der Waals surface area contributed by atoms with Crippen LogP contribution in [0.1, 0.15) is 19.9 Å². The van der Waals surface area contributed by atoms with E-state index < -0.39 is 0 Å². The maximum absolute atomic E-state index is 5.24. The average Bonchev–Trinajstić information content (AvgIpc) is 2.42. The molecule has 0 aliphatic heterocycles. The summed E-state index contributed by atoms with van der Waals surface area (Å²) in [4.78, 5) is 7.46. The van der Waals surface area contributed by atoms with E-state index in [1.807, 2.05) is 10.6 Å². The maximum atomic E-state index is 5.24. The molecular formula is C9H10BrN3S. The molecule has 0 saturated carbocycles. The lowest BCUT2D eigenvalue weighted by Gasteiger charge is -2.06. The minimum atomic E-state index is 0.318. The van der Waals surface area contributed by atoms with Gasteiger partial charge in [0, 0.05) is 16.7 Å². The van der Waals surface area contributed by atoms with Crippen molar-refractivity contribution in [3.05, 3.63) is 21.5 Å². The summed E-state index contributed by atoms with van der Waals surface area (Å²) in [7, 11) is 0. The van der Waals surface area contributed by atoms with Gasteiger partial charge in [-0.3, -0.25) is 4.57 Å². The summed E-state index contributed by atoms with van der Waals surface area (Å²) in [5.41, 5.74) is 1.87. The first-order chi connectivity index (χ1) is 6.61. The Morgan fingerprint density at radius 1 is 1.57 bits per heavy atom. The molecule has 5 heteroatoms. The molecule has 0 atom stereocenters. The van der Waals surface area contributed by atoms with Crippen molar-refractivity contribution in [3.8, 4) is 0 Å². The number of hydrogen-bond donors (Lipinski definition) is 1. The second-order valence-electron chi connectivity index (χ2n) is 3.39. The number of aromatic amines is 1. The number of halogens is 1. The second-order valence-corrected chi connectivity index (χ2v) is 4.63. The molecule has 14 heavy (non-hydrogen) atoms. The Bertz CT molecular complexity index is 526. The van der Waals surface area contributed by atoms with Gasteiger partial charge in [0.05, 0.1) is 5.52 Å². The molecule has 0 radical (unpaired) electrons. The molecule has 2 heterocycles. The molecule has 0 amide bonds. The highest BCUT2D eigenvalue weighted by Crippen LogP contribution is 2.23. The summed E-state index contributed by atoms with van der Waals surface area (Å²) in [5, 5.41) is 0. The van der Waals surface area contributed by atoms with Gasteiger partial charge >= 0.3 is 0 Å². The molecule has 2 aromatic heterocycles. The van der Waals surface area contributed by atoms with Crippen LogP contribution in [-0.4, -0.2) is 14.5 Å². The lowest BCUT2D eigenvalue weighted by atomic mass is 10.4. The summed E-state index contributed by atoms with van der Waals surface area (Å²) in [6.07, 6.45) is 1.77. The van der Waals surface area contributed by atoms with Gasteiger partial charge in [0.2, 0.25) is 0 Å². The van der Waals surface area contributed by atoms with Crippen LogP contribution < -0.4 is 0 Å². The molecule has 0 bridgehead atoms. The molecule has 0 fully saturated rings. The fourth-order valence-electron chi connectivity index (χ4n) is 1.47. The molecule has 2 rings (SSSR count). The Balaban J connectivity index is 2.91. The van der Waals surface area contributed by atoms with Gasteiger partial charge in [0.15, 0.2) is 10.4 Å². The zero-order chi connectivity index (χ0) is 10.3. The summed E-state index contributed by atoms with van der Waals surface area (Å²) < 4.78 is 3.72. The van der Waals surface area contributed by atoms with Crippen molar-refractivity contribution < 1.29 is 0 Å². The van der Waals surface area contributed by atoms with Crippen LogP contribution in [0.4, 0.5) is 0 Å². The van der Waals surface area contributed by atoms with Crippen LogP contribution in [0.3, 0.4) is 0 Å². The number of imidazole rings is 1. The topological polar surface area (TPSA) is 33.6 Å². The van der Waals surface area contributed by atoms with E-state index in [0.717, 1.165) is 20.4 Å². The summed E-state index contributed by atoms with van der Waals surface area (Å²) >= 11 is 8.70. The summed E-state index contributed by atoms with van der Waals surface area (Å²) in [6.45, 7) is 4.18. The molecular weight excluding hydrogens is 262 g/mol. The Morgan fingerprint density at radius 3 is 2.93 bits per heavy atom. The lowest BCUT2D eigenvalue weighted by Crippen LogP contribution is -2.01. The Hall–Kier alpha value is -0.680. The highest BCUT2D eigenvalue weighted by molar-refractivity contribution is 9.10. The maximum Gasteiger partial charge on any atom is 0.179 e. The van der Waals surface area contributed by atoms with Crippen molar-refractivity contribution in [2.24, 2.45) is 0 Å². The van der Waals surface area contributed by atoms with E-state index in [9.17, 15) is 0 Å². The van der Waals surface area contributed by atoms with Crippen LogP contribution >= 0.6 is 28.1 Å². The van der Waals surface area contributed by atoms with E-state index in [4.69, 9.17) is 12.2 Å². The highest BCUT2D eigenvalue weighted by atomic mass is 79.9. The lowest BCUT2D eigenvalue weighted by molar-refractivity contribution is 0.605. The van der Waals surface area contributed by atoms with Gasteiger partial charge in [-0.25, -0.2) is 4.98 Å². The van der Waals surface area contributed by atoms with E-state index in [-0.39, 0.29) is 0 Å². The Morgan fingerprint density at radius 2 is 2.29 bits per heavy atom. The van der Waals surface area contributed by atoms with Gasteiger partial charge in [-0.05, 0) is 48.1 Å². The van der Waals surface area contributed by atoms with Crippen molar-refractivity contribution in [1.29, 1.82) is 0 Å². The molecule has 0 aliphatic carbocycles. The number of rotatable bonds is 1. The predicted molar refractivity (Wildman–Crippen MR) is 63.0 cm³/mol. The van der Waals surface area contributed by atoms with Crippen molar-refractivity contribution >= 4 is 39.3 Å². The van der Waals surface area contributed by atoms with Crippen LogP contribution in [0.15, 0.2) is 16.7 Å². The minimum absolute atomic E-state index is 0.318. The van der Waals surface area contributed by atoms with Gasteiger partial charge in [-0.1, -0.05) is 0 Å². The smallest absolute Gasteiger partial charge is 0.179 e. The highest BCUT2D eigenvalue weighted by Gasteiger charge is 2.09. The van der Waals surface area contributed by atoms with E-state index in [0.29, 0.717) is 6.04 Å². The number of fused-ring (bicyclic) bond motifs is 1. The molecule has 0 unspecified atom stereocenters. The van der Waals surface area contributed by atoms with Crippen molar-refractivity contribution in [1.82, 2.24) is 14.5 Å².